The molecule has 0 amide bonds. The Labute approximate surface area is 176 Å². The molecule has 0 saturated carbocycles. The van der Waals surface area contributed by atoms with Crippen molar-refractivity contribution >= 4 is 23.6 Å². The SMILES string of the molecule is CCCCn1c[n+](C)c2c(-c3ccc(C=O)cc3)ccc(-c3ccc(C=O)cc3)c21. The highest BCUT2D eigenvalue weighted by Gasteiger charge is 2.22. The smallest absolute Gasteiger partial charge is 0.244 e. The molecule has 0 N–H and O–H groups in total. The van der Waals surface area contributed by atoms with Crippen molar-refractivity contribution in [3.8, 4) is 22.3 Å². The first-order valence-electron chi connectivity index (χ1n) is 10.3. The van der Waals surface area contributed by atoms with Gasteiger partial charge in [0.25, 0.3) is 0 Å². The lowest BCUT2D eigenvalue weighted by Crippen LogP contribution is -2.26. The predicted octanol–water partition coefficient (Wildman–Crippen LogP) is 5.22. The van der Waals surface area contributed by atoms with Gasteiger partial charge in [-0.1, -0.05) is 61.9 Å². The van der Waals surface area contributed by atoms with Gasteiger partial charge in [0.2, 0.25) is 6.33 Å². The molecule has 3 aromatic carbocycles. The fourth-order valence-electron chi connectivity index (χ4n) is 4.00. The number of carbonyl (C=O) groups is 2. The fourth-order valence-corrected chi connectivity index (χ4v) is 4.00. The van der Waals surface area contributed by atoms with Crippen molar-refractivity contribution in [2.75, 3.05) is 0 Å². The Kier molecular flexibility index (Phi) is 5.57. The van der Waals surface area contributed by atoms with Gasteiger partial charge in [0.15, 0.2) is 11.0 Å². The molecule has 1 aromatic heterocycles. The number of aldehydes is 2. The summed E-state index contributed by atoms with van der Waals surface area (Å²) in [5.74, 6) is 0. The average Bonchev–Trinajstić information content (AvgIpc) is 3.13. The molecule has 30 heavy (non-hydrogen) atoms. The molecule has 4 nitrogen and oxygen atoms in total. The van der Waals surface area contributed by atoms with Crippen LogP contribution in [0.5, 0.6) is 0 Å². The van der Waals surface area contributed by atoms with E-state index < -0.39 is 0 Å². The van der Waals surface area contributed by atoms with E-state index in [1.54, 1.807) is 0 Å². The maximum absolute atomic E-state index is 11.1. The van der Waals surface area contributed by atoms with Crippen LogP contribution >= 0.6 is 0 Å². The van der Waals surface area contributed by atoms with Gasteiger partial charge >= 0.3 is 0 Å². The quantitative estimate of drug-likeness (QED) is 0.317. The molecule has 0 aliphatic rings. The van der Waals surface area contributed by atoms with Crippen LogP contribution in [0.3, 0.4) is 0 Å². The zero-order chi connectivity index (χ0) is 21.1. The molecular weight excluding hydrogens is 372 g/mol. The van der Waals surface area contributed by atoms with Crippen LogP contribution in [-0.2, 0) is 13.6 Å². The second-order valence-corrected chi connectivity index (χ2v) is 7.61. The summed E-state index contributed by atoms with van der Waals surface area (Å²) in [6, 6.07) is 19.8. The predicted molar refractivity (Wildman–Crippen MR) is 120 cm³/mol. The number of carbonyl (C=O) groups excluding carboxylic acids is 2. The minimum atomic E-state index is 0.673. The molecule has 1 heterocycles. The molecule has 4 aromatic rings. The molecule has 0 radical (unpaired) electrons. The van der Waals surface area contributed by atoms with E-state index in [1.165, 1.54) is 5.52 Å². The second kappa shape index (κ2) is 8.46. The lowest BCUT2D eigenvalue weighted by Gasteiger charge is -2.09. The van der Waals surface area contributed by atoms with Gasteiger partial charge in [0.05, 0.1) is 13.6 Å². The topological polar surface area (TPSA) is 43.0 Å². The molecule has 0 atom stereocenters. The molecular formula is C26H25N2O2+. The highest BCUT2D eigenvalue weighted by molar-refractivity contribution is 5.99. The zero-order valence-electron chi connectivity index (χ0n) is 17.3. The summed E-state index contributed by atoms with van der Waals surface area (Å²) in [5.41, 5.74) is 8.13. The number of aryl methyl sites for hydroxylation is 2. The molecule has 0 fully saturated rings. The van der Waals surface area contributed by atoms with Gasteiger partial charge in [-0.3, -0.25) is 9.59 Å². The van der Waals surface area contributed by atoms with Gasteiger partial charge in [-0.2, -0.15) is 0 Å². The lowest BCUT2D eigenvalue weighted by atomic mass is 9.96. The first kappa shape index (κ1) is 19.8. The largest absolute Gasteiger partial charge is 0.298 e. The number of unbranched alkanes of at least 4 members (excludes halogenated alkanes) is 1. The molecule has 4 rings (SSSR count). The molecule has 0 unspecified atom stereocenters. The Morgan fingerprint density at radius 3 is 1.87 bits per heavy atom. The summed E-state index contributed by atoms with van der Waals surface area (Å²) in [6.45, 7) is 3.14. The Morgan fingerprint density at radius 2 is 1.33 bits per heavy atom. The maximum Gasteiger partial charge on any atom is 0.244 e. The van der Waals surface area contributed by atoms with E-state index in [0.717, 1.165) is 59.7 Å². The number of rotatable bonds is 7. The van der Waals surface area contributed by atoms with Crippen molar-refractivity contribution in [1.82, 2.24) is 4.57 Å². The standard InChI is InChI=1S/C26H25N2O2/c1-3-4-15-28-18-27(2)25-23(21-9-5-19(16-29)6-10-21)13-14-24(26(25)28)22-11-7-20(17-30)8-12-22/h5-14,16-18H,3-4,15H2,1-2H3/q+1. The summed E-state index contributed by atoms with van der Waals surface area (Å²) in [7, 11) is 2.08. The van der Waals surface area contributed by atoms with Crippen molar-refractivity contribution in [1.29, 1.82) is 0 Å². The minimum absolute atomic E-state index is 0.673. The van der Waals surface area contributed by atoms with Crippen LogP contribution in [0.1, 0.15) is 40.5 Å². The Morgan fingerprint density at radius 1 is 0.800 bits per heavy atom. The average molecular weight is 397 g/mol. The molecule has 150 valence electrons. The van der Waals surface area contributed by atoms with Crippen LogP contribution in [0.4, 0.5) is 0 Å². The Hall–Kier alpha value is -3.53. The van der Waals surface area contributed by atoms with E-state index in [2.05, 4.69) is 41.6 Å². The van der Waals surface area contributed by atoms with Gasteiger partial charge in [0.1, 0.15) is 12.6 Å². The zero-order valence-corrected chi connectivity index (χ0v) is 17.3. The number of fused-ring (bicyclic) bond motifs is 1. The second-order valence-electron chi connectivity index (χ2n) is 7.61. The number of hydrogen-bond donors (Lipinski definition) is 0. The van der Waals surface area contributed by atoms with E-state index in [4.69, 9.17) is 0 Å². The van der Waals surface area contributed by atoms with Crippen LogP contribution in [0.15, 0.2) is 67.0 Å². The molecule has 0 saturated heterocycles. The van der Waals surface area contributed by atoms with Crippen molar-refractivity contribution in [3.63, 3.8) is 0 Å². The summed E-state index contributed by atoms with van der Waals surface area (Å²) in [6.07, 6.45) is 6.13. The number of hydrogen-bond acceptors (Lipinski definition) is 2. The van der Waals surface area contributed by atoms with E-state index in [0.29, 0.717) is 11.1 Å². The first-order chi connectivity index (χ1) is 14.7. The number of benzene rings is 3. The maximum atomic E-state index is 11.1. The van der Waals surface area contributed by atoms with E-state index in [-0.39, 0.29) is 0 Å². The van der Waals surface area contributed by atoms with Crippen LogP contribution in [0, 0.1) is 0 Å². The number of imidazole rings is 1. The molecule has 4 heteroatoms. The van der Waals surface area contributed by atoms with Crippen molar-refractivity contribution in [2.45, 2.75) is 26.3 Å². The summed E-state index contributed by atoms with van der Waals surface area (Å²) < 4.78 is 4.50. The third-order valence-electron chi connectivity index (χ3n) is 5.57. The molecule has 0 bridgehead atoms. The number of aromatic nitrogens is 2. The normalized spacial score (nSPS) is 11.0. The number of nitrogens with zero attached hydrogens (tertiary/aromatic N) is 2. The van der Waals surface area contributed by atoms with Crippen molar-refractivity contribution in [3.05, 3.63) is 78.1 Å². The van der Waals surface area contributed by atoms with Crippen LogP contribution in [0.2, 0.25) is 0 Å². The highest BCUT2D eigenvalue weighted by Crippen LogP contribution is 2.34. The monoisotopic (exact) mass is 397 g/mol. The highest BCUT2D eigenvalue weighted by atomic mass is 16.1. The minimum Gasteiger partial charge on any atom is -0.298 e. The van der Waals surface area contributed by atoms with Crippen molar-refractivity contribution < 1.29 is 14.2 Å². The van der Waals surface area contributed by atoms with Gasteiger partial charge in [-0.05, 0) is 29.7 Å². The Balaban J connectivity index is 1.96. The van der Waals surface area contributed by atoms with Crippen LogP contribution in [0.25, 0.3) is 33.3 Å². The Bertz CT molecular complexity index is 1200. The van der Waals surface area contributed by atoms with Gasteiger partial charge in [0, 0.05) is 22.3 Å². The third-order valence-corrected chi connectivity index (χ3v) is 5.57. The van der Waals surface area contributed by atoms with Gasteiger partial charge in [-0.15, -0.1) is 0 Å². The van der Waals surface area contributed by atoms with E-state index in [1.807, 2.05) is 48.5 Å². The third kappa shape index (κ3) is 3.57. The first-order valence-corrected chi connectivity index (χ1v) is 10.3. The van der Waals surface area contributed by atoms with E-state index >= 15 is 0 Å². The fraction of sp³-hybridized carbons (Fsp3) is 0.192. The van der Waals surface area contributed by atoms with Crippen LogP contribution in [-0.4, -0.2) is 17.1 Å². The molecule has 0 aliphatic carbocycles. The lowest BCUT2D eigenvalue weighted by molar-refractivity contribution is -0.645. The summed E-state index contributed by atoms with van der Waals surface area (Å²) >= 11 is 0. The summed E-state index contributed by atoms with van der Waals surface area (Å²) in [5, 5.41) is 0. The van der Waals surface area contributed by atoms with Crippen LogP contribution < -0.4 is 4.57 Å². The molecule has 0 spiro atoms. The van der Waals surface area contributed by atoms with Gasteiger partial charge in [-0.25, -0.2) is 9.13 Å². The summed E-state index contributed by atoms with van der Waals surface area (Å²) in [4.78, 5) is 22.1. The molecule has 0 aliphatic heterocycles. The van der Waals surface area contributed by atoms with E-state index in [9.17, 15) is 9.59 Å². The van der Waals surface area contributed by atoms with Crippen molar-refractivity contribution in [2.24, 2.45) is 7.05 Å². The van der Waals surface area contributed by atoms with Gasteiger partial charge < -0.3 is 0 Å².